The Morgan fingerprint density at radius 3 is 2.95 bits per heavy atom. The highest BCUT2D eigenvalue weighted by Gasteiger charge is 2.34. The lowest BCUT2D eigenvalue weighted by molar-refractivity contribution is -0.119. The summed E-state index contributed by atoms with van der Waals surface area (Å²) in [6.07, 6.45) is 3.29. The summed E-state index contributed by atoms with van der Waals surface area (Å²) in [6, 6.07) is 7.99. The van der Waals surface area contributed by atoms with E-state index >= 15 is 0 Å². The summed E-state index contributed by atoms with van der Waals surface area (Å²) >= 11 is 6.26. The largest absolute Gasteiger partial charge is 0.353 e. The molecule has 0 saturated carbocycles. The summed E-state index contributed by atoms with van der Waals surface area (Å²) in [6.45, 7) is 4.36. The number of nitrogens with zero attached hydrogens (tertiary/aromatic N) is 1. The van der Waals surface area contributed by atoms with E-state index in [-0.39, 0.29) is 17.9 Å². The lowest BCUT2D eigenvalue weighted by Gasteiger charge is -2.22. The van der Waals surface area contributed by atoms with Gasteiger partial charge in [-0.1, -0.05) is 31.5 Å². The first-order chi connectivity index (χ1) is 10.1. The van der Waals surface area contributed by atoms with Crippen molar-refractivity contribution in [1.82, 2.24) is 10.3 Å². The molecule has 3 rings (SSSR count). The molecule has 2 aromatic rings. The van der Waals surface area contributed by atoms with Crippen LogP contribution < -0.4 is 5.32 Å². The number of hydrogen-bond acceptors (Lipinski definition) is 2. The summed E-state index contributed by atoms with van der Waals surface area (Å²) in [4.78, 5) is 16.4. The highest BCUT2D eigenvalue weighted by atomic mass is 35.5. The second-order valence-electron chi connectivity index (χ2n) is 6.15. The zero-order valence-electron chi connectivity index (χ0n) is 12.3. The molecular weight excluding hydrogens is 284 g/mol. The van der Waals surface area contributed by atoms with Gasteiger partial charge < -0.3 is 5.32 Å². The molecule has 4 heteroatoms. The molecule has 0 aliphatic carbocycles. The summed E-state index contributed by atoms with van der Waals surface area (Å²) in [5.41, 5.74) is 2.04. The fraction of sp³-hybridized carbons (Fsp3) is 0.412. The number of fused-ring (bicyclic) bond motifs is 1. The SMILES string of the molecule is CC(C)CC1NC(=O)CC1c1ccc(Cl)c2cccnc12. The van der Waals surface area contributed by atoms with Crippen LogP contribution in [0.4, 0.5) is 0 Å². The molecule has 1 saturated heterocycles. The number of halogens is 1. The van der Waals surface area contributed by atoms with Crippen LogP contribution >= 0.6 is 11.6 Å². The van der Waals surface area contributed by atoms with E-state index in [1.165, 1.54) is 0 Å². The van der Waals surface area contributed by atoms with Crippen molar-refractivity contribution in [2.24, 2.45) is 5.92 Å². The Balaban J connectivity index is 2.07. The van der Waals surface area contributed by atoms with Crippen LogP contribution in [-0.4, -0.2) is 16.9 Å². The first kappa shape index (κ1) is 14.3. The second kappa shape index (κ2) is 5.64. The average Bonchev–Trinajstić information content (AvgIpc) is 2.79. The van der Waals surface area contributed by atoms with Gasteiger partial charge in [0.05, 0.1) is 5.52 Å². The number of aromatic nitrogens is 1. The fourth-order valence-electron chi connectivity index (χ4n) is 3.22. The van der Waals surface area contributed by atoms with Crippen molar-refractivity contribution in [3.8, 4) is 0 Å². The van der Waals surface area contributed by atoms with Crippen molar-refractivity contribution in [1.29, 1.82) is 0 Å². The van der Waals surface area contributed by atoms with Gasteiger partial charge in [-0.2, -0.15) is 0 Å². The predicted molar refractivity (Wildman–Crippen MR) is 85.5 cm³/mol. The Bertz CT molecular complexity index is 684. The number of rotatable bonds is 3. The molecule has 0 spiro atoms. The Labute approximate surface area is 129 Å². The summed E-state index contributed by atoms with van der Waals surface area (Å²) in [7, 11) is 0. The maximum Gasteiger partial charge on any atom is 0.220 e. The minimum atomic E-state index is 0.129. The van der Waals surface area contributed by atoms with Gasteiger partial charge in [0, 0.05) is 35.0 Å². The van der Waals surface area contributed by atoms with Gasteiger partial charge in [0.2, 0.25) is 5.91 Å². The average molecular weight is 303 g/mol. The predicted octanol–water partition coefficient (Wildman–Crippen LogP) is 3.91. The number of nitrogens with one attached hydrogen (secondary N) is 1. The number of amides is 1. The molecule has 110 valence electrons. The van der Waals surface area contributed by atoms with Crippen molar-refractivity contribution in [3.63, 3.8) is 0 Å². The number of hydrogen-bond donors (Lipinski definition) is 1. The summed E-state index contributed by atoms with van der Waals surface area (Å²) < 4.78 is 0. The zero-order valence-corrected chi connectivity index (χ0v) is 13.0. The summed E-state index contributed by atoms with van der Waals surface area (Å²) in [5, 5.41) is 4.78. The molecule has 1 N–H and O–H groups in total. The lowest BCUT2D eigenvalue weighted by Crippen LogP contribution is -2.29. The smallest absolute Gasteiger partial charge is 0.220 e. The van der Waals surface area contributed by atoms with E-state index in [2.05, 4.69) is 24.1 Å². The fourth-order valence-corrected chi connectivity index (χ4v) is 3.44. The van der Waals surface area contributed by atoms with Crippen molar-refractivity contribution in [2.45, 2.75) is 38.6 Å². The van der Waals surface area contributed by atoms with Crippen molar-refractivity contribution < 1.29 is 4.79 Å². The molecule has 1 aromatic heterocycles. The van der Waals surface area contributed by atoms with Gasteiger partial charge in [-0.3, -0.25) is 9.78 Å². The van der Waals surface area contributed by atoms with E-state index in [1.54, 1.807) is 6.20 Å². The van der Waals surface area contributed by atoms with Crippen LogP contribution in [0.3, 0.4) is 0 Å². The number of carbonyl (C=O) groups excluding carboxylic acids is 1. The molecule has 1 fully saturated rings. The number of benzene rings is 1. The maximum atomic E-state index is 11.9. The second-order valence-corrected chi connectivity index (χ2v) is 6.56. The standard InChI is InChI=1S/C17H19ClN2O/c1-10(2)8-15-13(9-16(21)20-15)11-5-6-14(18)12-4-3-7-19-17(11)12/h3-7,10,13,15H,8-9H2,1-2H3,(H,20,21). The van der Waals surface area contributed by atoms with Crippen LogP contribution in [0.15, 0.2) is 30.5 Å². The first-order valence-electron chi connectivity index (χ1n) is 7.38. The number of pyridine rings is 1. The van der Waals surface area contributed by atoms with E-state index in [0.717, 1.165) is 22.9 Å². The van der Waals surface area contributed by atoms with Gasteiger partial charge in [-0.05, 0) is 36.1 Å². The molecule has 1 aliphatic rings. The highest BCUT2D eigenvalue weighted by Crippen LogP contribution is 2.36. The highest BCUT2D eigenvalue weighted by molar-refractivity contribution is 6.35. The van der Waals surface area contributed by atoms with Crippen LogP contribution in [0.5, 0.6) is 0 Å². The zero-order chi connectivity index (χ0) is 15.0. The van der Waals surface area contributed by atoms with Crippen LogP contribution in [-0.2, 0) is 4.79 Å². The first-order valence-corrected chi connectivity index (χ1v) is 7.76. The molecule has 21 heavy (non-hydrogen) atoms. The molecule has 0 bridgehead atoms. The van der Waals surface area contributed by atoms with Crippen LogP contribution in [0.2, 0.25) is 5.02 Å². The maximum absolute atomic E-state index is 11.9. The van der Waals surface area contributed by atoms with Crippen LogP contribution in [0, 0.1) is 5.92 Å². The number of carbonyl (C=O) groups is 1. The van der Waals surface area contributed by atoms with E-state index in [1.807, 2.05) is 24.3 Å². The Kier molecular flexibility index (Phi) is 3.85. The minimum absolute atomic E-state index is 0.129. The molecule has 1 amide bonds. The monoisotopic (exact) mass is 302 g/mol. The van der Waals surface area contributed by atoms with Gasteiger partial charge in [0.25, 0.3) is 0 Å². The molecule has 2 atom stereocenters. The summed E-state index contributed by atoms with van der Waals surface area (Å²) in [5.74, 6) is 0.849. The molecular formula is C17H19ClN2O. The Hall–Kier alpha value is -1.61. The van der Waals surface area contributed by atoms with E-state index in [4.69, 9.17) is 11.6 Å². The Morgan fingerprint density at radius 2 is 2.19 bits per heavy atom. The van der Waals surface area contributed by atoms with Gasteiger partial charge in [-0.15, -0.1) is 0 Å². The van der Waals surface area contributed by atoms with Gasteiger partial charge >= 0.3 is 0 Å². The van der Waals surface area contributed by atoms with Crippen LogP contribution in [0.25, 0.3) is 10.9 Å². The molecule has 1 aliphatic heterocycles. The van der Waals surface area contributed by atoms with Crippen LogP contribution in [0.1, 0.15) is 38.2 Å². The molecule has 2 heterocycles. The lowest BCUT2D eigenvalue weighted by atomic mass is 9.86. The third kappa shape index (κ3) is 2.75. The third-order valence-electron chi connectivity index (χ3n) is 4.11. The topological polar surface area (TPSA) is 42.0 Å². The third-order valence-corrected chi connectivity index (χ3v) is 4.44. The van der Waals surface area contributed by atoms with E-state index < -0.39 is 0 Å². The van der Waals surface area contributed by atoms with Gasteiger partial charge in [-0.25, -0.2) is 0 Å². The Morgan fingerprint density at radius 1 is 1.38 bits per heavy atom. The van der Waals surface area contributed by atoms with Gasteiger partial charge in [0.1, 0.15) is 0 Å². The van der Waals surface area contributed by atoms with Crippen molar-refractivity contribution >= 4 is 28.4 Å². The van der Waals surface area contributed by atoms with E-state index in [0.29, 0.717) is 17.4 Å². The molecule has 1 aromatic carbocycles. The van der Waals surface area contributed by atoms with Crippen molar-refractivity contribution in [2.75, 3.05) is 0 Å². The molecule has 0 radical (unpaired) electrons. The van der Waals surface area contributed by atoms with Gasteiger partial charge in [0.15, 0.2) is 0 Å². The van der Waals surface area contributed by atoms with Crippen molar-refractivity contribution in [3.05, 3.63) is 41.0 Å². The molecule has 2 unspecified atom stereocenters. The minimum Gasteiger partial charge on any atom is -0.353 e. The van der Waals surface area contributed by atoms with E-state index in [9.17, 15) is 4.79 Å². The molecule has 3 nitrogen and oxygen atoms in total. The quantitative estimate of drug-likeness (QED) is 0.934. The normalized spacial score (nSPS) is 22.0.